The van der Waals surface area contributed by atoms with Gasteiger partial charge in [-0.3, -0.25) is 9.59 Å². The SMILES string of the molecule is CCCCN(CCCC)CCCNC1C(O)C[C@@H](C)O[C@H]1O[C@@H]1[C@@H](C)[C@H](O)[C@@H](C)C(=O)O[C@H](CC)[C@@](C)(O)[C@H](O)[C@@H](C)N(C)C[C@H](C)C[C@@]1(C)O.CCCCN(CCCC)CCCNC1C[C@@H](C)O[C@@H](O[C@@H]2[C@@H](C)[C@H](O)[C@@H](C)C(=O)O[C@H](CC)[C@@](C)(O)[C@H](O)[C@@H](C)N(C)C[C@H](C)C[C@@]2(C)O)C1O. The molecule has 0 bridgehead atoms. The Kier molecular flexibility index (Phi) is 41.4. The first-order valence-electron chi connectivity index (χ1n) is 40.0. The molecule has 0 aliphatic carbocycles. The normalized spacial score (nSPS) is 41.2. The first-order valence-corrected chi connectivity index (χ1v) is 40.0. The van der Waals surface area contributed by atoms with E-state index < -0.39 is 150 Å². The van der Waals surface area contributed by atoms with Gasteiger partial charge in [0.15, 0.2) is 12.6 Å². The maximum Gasteiger partial charge on any atom is 0.311 e. The van der Waals surface area contributed by atoms with Crippen molar-refractivity contribution >= 4 is 11.9 Å². The molecule has 4 rings (SSSR count). The van der Waals surface area contributed by atoms with Crippen molar-refractivity contribution in [2.45, 2.75) is 374 Å². The average Bonchev–Trinajstić information content (AvgIpc) is 1.15. The summed E-state index contributed by atoms with van der Waals surface area (Å²) in [4.78, 5) is 35.9. The van der Waals surface area contributed by atoms with Crippen LogP contribution in [0.5, 0.6) is 0 Å². The number of rotatable bonds is 28. The summed E-state index contributed by atoms with van der Waals surface area (Å²) in [6.07, 6.45) is -0.288. The predicted molar refractivity (Wildman–Crippen MR) is 400 cm³/mol. The molecular formula is C78H154N6O18. The molecule has 12 N–H and O–H groups in total. The molecule has 4 aliphatic rings. The second-order valence-corrected chi connectivity index (χ2v) is 33.1. The number of carbonyl (C=O) groups excluding carboxylic acids is 2. The van der Waals surface area contributed by atoms with E-state index in [1.54, 1.807) is 62.3 Å². The Morgan fingerprint density at radius 3 is 1.21 bits per heavy atom. The van der Waals surface area contributed by atoms with Crippen molar-refractivity contribution < 1.29 is 89.1 Å². The van der Waals surface area contributed by atoms with Gasteiger partial charge in [0.1, 0.15) is 41.7 Å². The molecule has 0 spiro atoms. The summed E-state index contributed by atoms with van der Waals surface area (Å²) < 4.78 is 37.3. The molecule has 102 heavy (non-hydrogen) atoms. The number of hydrogen-bond acceptors (Lipinski definition) is 24. The van der Waals surface area contributed by atoms with E-state index in [4.69, 9.17) is 28.4 Å². The Bertz CT molecular complexity index is 2300. The summed E-state index contributed by atoms with van der Waals surface area (Å²) in [6, 6.07) is -1.88. The number of hydrogen-bond donors (Lipinski definition) is 12. The zero-order chi connectivity index (χ0) is 77.4. The maximum absolute atomic E-state index is 13.5. The van der Waals surface area contributed by atoms with Crippen LogP contribution in [-0.2, 0) is 38.0 Å². The smallest absolute Gasteiger partial charge is 0.311 e. The van der Waals surface area contributed by atoms with E-state index in [9.17, 15) is 60.7 Å². The maximum atomic E-state index is 13.5. The third kappa shape index (κ3) is 27.9. The van der Waals surface area contributed by atoms with E-state index in [2.05, 4.69) is 48.1 Å². The van der Waals surface area contributed by atoms with E-state index in [0.717, 1.165) is 84.3 Å². The van der Waals surface area contributed by atoms with E-state index >= 15 is 0 Å². The fraction of sp³-hybridized carbons (Fsp3) is 0.974. The van der Waals surface area contributed by atoms with Crippen LogP contribution < -0.4 is 10.6 Å². The molecule has 0 aromatic heterocycles. The second-order valence-electron chi connectivity index (χ2n) is 33.1. The Morgan fingerprint density at radius 2 is 0.833 bits per heavy atom. The van der Waals surface area contributed by atoms with Gasteiger partial charge in [0.05, 0.1) is 71.8 Å². The molecule has 4 heterocycles. The molecule has 4 aliphatic heterocycles. The number of cyclic esters (lactones) is 2. The van der Waals surface area contributed by atoms with Crippen LogP contribution in [0, 0.1) is 35.5 Å². The molecule has 0 amide bonds. The van der Waals surface area contributed by atoms with Gasteiger partial charge in [-0.2, -0.15) is 0 Å². The van der Waals surface area contributed by atoms with E-state index in [1.807, 2.05) is 58.5 Å². The van der Waals surface area contributed by atoms with Crippen molar-refractivity contribution in [2.24, 2.45) is 35.5 Å². The highest BCUT2D eigenvalue weighted by Gasteiger charge is 2.53. The second kappa shape index (κ2) is 44.7. The minimum Gasteiger partial charge on any atom is -0.459 e. The number of unbranched alkanes of at least 4 members (excludes halogenated alkanes) is 4. The zero-order valence-electron chi connectivity index (χ0n) is 67.8. The molecule has 4 fully saturated rings. The lowest BCUT2D eigenvalue weighted by molar-refractivity contribution is -0.294. The highest BCUT2D eigenvalue weighted by Crippen LogP contribution is 2.39. The number of aliphatic hydroxyl groups is 10. The van der Waals surface area contributed by atoms with Gasteiger partial charge in [-0.15, -0.1) is 0 Å². The first-order chi connectivity index (χ1) is 47.6. The Balaban J connectivity index is 0.000000530. The summed E-state index contributed by atoms with van der Waals surface area (Å²) in [5, 5.41) is 123. The molecule has 0 aromatic rings. The number of likely N-dealkylation sites (N-methyl/N-ethyl adjacent to an activating group) is 2. The van der Waals surface area contributed by atoms with Crippen LogP contribution in [0.3, 0.4) is 0 Å². The van der Waals surface area contributed by atoms with Crippen molar-refractivity contribution in [2.75, 3.05) is 79.5 Å². The van der Waals surface area contributed by atoms with Crippen LogP contribution in [0.2, 0.25) is 0 Å². The van der Waals surface area contributed by atoms with Crippen LogP contribution >= 0.6 is 0 Å². The molecule has 604 valence electrons. The molecule has 0 saturated carbocycles. The van der Waals surface area contributed by atoms with Gasteiger partial charge in [0.2, 0.25) is 0 Å². The van der Waals surface area contributed by atoms with Gasteiger partial charge in [0, 0.05) is 49.5 Å². The summed E-state index contributed by atoms with van der Waals surface area (Å²) in [5.74, 6) is -5.32. The van der Waals surface area contributed by atoms with Gasteiger partial charge in [-0.1, -0.05) is 94.9 Å². The van der Waals surface area contributed by atoms with Crippen LogP contribution in [-0.4, -0.2) is 295 Å². The fourth-order valence-corrected chi connectivity index (χ4v) is 16.3. The summed E-state index contributed by atoms with van der Waals surface area (Å²) in [5.41, 5.74) is -6.52. The Morgan fingerprint density at radius 1 is 0.490 bits per heavy atom. The minimum atomic E-state index is -1.76. The van der Waals surface area contributed by atoms with Crippen molar-refractivity contribution in [3.05, 3.63) is 0 Å². The van der Waals surface area contributed by atoms with E-state index in [0.29, 0.717) is 32.5 Å². The molecule has 4 unspecified atom stereocenters. The number of aliphatic hydroxyl groups excluding tert-OH is 6. The van der Waals surface area contributed by atoms with Crippen LogP contribution in [0.4, 0.5) is 0 Å². The van der Waals surface area contributed by atoms with Gasteiger partial charge in [-0.05, 0) is 218 Å². The predicted octanol–water partition coefficient (Wildman–Crippen LogP) is 6.59. The monoisotopic (exact) mass is 1460 g/mol. The highest BCUT2D eigenvalue weighted by atomic mass is 16.7. The third-order valence-electron chi connectivity index (χ3n) is 23.1. The molecule has 28 atom stereocenters. The van der Waals surface area contributed by atoms with Crippen molar-refractivity contribution in [1.29, 1.82) is 0 Å². The average molecular weight is 1460 g/mol. The number of nitrogens with zero attached hydrogens (tertiary/aromatic N) is 4. The summed E-state index contributed by atoms with van der Waals surface area (Å²) in [7, 11) is 3.70. The fourth-order valence-electron chi connectivity index (χ4n) is 16.3. The quantitative estimate of drug-likeness (QED) is 0.0290. The summed E-state index contributed by atoms with van der Waals surface area (Å²) >= 11 is 0. The lowest BCUT2D eigenvalue weighted by atomic mass is 9.78. The largest absolute Gasteiger partial charge is 0.459 e. The van der Waals surface area contributed by atoms with E-state index in [-0.39, 0.29) is 55.8 Å². The molecule has 0 aromatic carbocycles. The number of esters is 2. The van der Waals surface area contributed by atoms with Crippen LogP contribution in [0.1, 0.15) is 241 Å². The van der Waals surface area contributed by atoms with Gasteiger partial charge >= 0.3 is 11.9 Å². The first kappa shape index (κ1) is 94.3. The van der Waals surface area contributed by atoms with Crippen LogP contribution in [0.15, 0.2) is 0 Å². The molecular weight excluding hydrogens is 1310 g/mol. The molecule has 4 saturated heterocycles. The number of nitrogens with one attached hydrogen (secondary N) is 2. The number of carbonyl (C=O) groups is 2. The van der Waals surface area contributed by atoms with Gasteiger partial charge in [0.25, 0.3) is 0 Å². The summed E-state index contributed by atoms with van der Waals surface area (Å²) in [6.45, 7) is 45.3. The topological polar surface area (TPSA) is 329 Å². The minimum absolute atomic E-state index is 0.100. The lowest BCUT2D eigenvalue weighted by Gasteiger charge is -2.46. The molecule has 0 radical (unpaired) electrons. The molecule has 24 heteroatoms. The van der Waals surface area contributed by atoms with Crippen molar-refractivity contribution in [1.82, 2.24) is 30.2 Å². The lowest BCUT2D eigenvalue weighted by Crippen LogP contribution is -2.60. The van der Waals surface area contributed by atoms with Crippen molar-refractivity contribution in [3.8, 4) is 0 Å². The van der Waals surface area contributed by atoms with Crippen molar-refractivity contribution in [3.63, 3.8) is 0 Å². The highest BCUT2D eigenvalue weighted by molar-refractivity contribution is 5.73. The molecule has 24 nitrogen and oxygen atoms in total. The Labute approximate surface area is 617 Å². The standard InChI is InChI=1S/2C39H77N3O9/c1-12-15-19-42(20-16-13-2)21-17-18-40-32-30(43)22-26(5)49-37(32)51-35-27(6)33(44)28(7)36(46)50-31(14-3)39(10,48)34(45)29(8)41(11)24-25(4)23-38(35,9)47;1-12-15-19-42(20-16-13-2)21-17-18-40-30-22-26(5)49-37(33(30)44)51-35-27(6)32(43)28(7)36(46)50-31(14-3)39(10,48)34(45)29(8)41(11)24-25(4)23-38(35,9)47/h2*25-35,37,40,43-45,47-48H,12-24H2,1-11H3/t25-,26-,27+,28-,29-,30?,31-,32?,33+,34-,35-,37+,38-,39-;25-,26-,27+,28-,29-,30?,31-,32+,33?,34-,35-,37+,38-,39-/m11/s1. The zero-order valence-corrected chi connectivity index (χ0v) is 67.8. The van der Waals surface area contributed by atoms with Gasteiger partial charge in [-0.25, -0.2) is 0 Å². The van der Waals surface area contributed by atoms with E-state index in [1.165, 1.54) is 39.5 Å². The Hall–Kier alpha value is -1.86. The third-order valence-corrected chi connectivity index (χ3v) is 23.1. The number of ether oxygens (including phenoxy) is 6. The van der Waals surface area contributed by atoms with Crippen LogP contribution in [0.25, 0.3) is 0 Å². The van der Waals surface area contributed by atoms with Gasteiger partial charge < -0.3 is 110 Å².